The van der Waals surface area contributed by atoms with Crippen LogP contribution in [0.4, 0.5) is 0 Å². The molecule has 5 nitrogen and oxygen atoms in total. The standard InChI is InChI=1S/C19H29N3O2/c1-14(2)18(16-7-5-15(3)6-8-16)19(24)20-13-17(23)22-11-9-21(4)10-12-22/h5-8,14,18H,9-13H2,1-4H3,(H,20,24). The van der Waals surface area contributed by atoms with Crippen molar-refractivity contribution in [3.05, 3.63) is 35.4 Å². The van der Waals surface area contributed by atoms with Gasteiger partial charge in [0.05, 0.1) is 12.5 Å². The predicted octanol–water partition coefficient (Wildman–Crippen LogP) is 1.62. The summed E-state index contributed by atoms with van der Waals surface area (Å²) in [6, 6.07) is 8.05. The minimum absolute atomic E-state index is 0.00265. The maximum absolute atomic E-state index is 12.6. The van der Waals surface area contributed by atoms with Gasteiger partial charge in [0.15, 0.2) is 0 Å². The number of nitrogens with one attached hydrogen (secondary N) is 1. The van der Waals surface area contributed by atoms with E-state index in [4.69, 9.17) is 0 Å². The van der Waals surface area contributed by atoms with Crippen molar-refractivity contribution in [1.82, 2.24) is 15.1 Å². The summed E-state index contributed by atoms with van der Waals surface area (Å²) in [5.41, 5.74) is 2.17. The summed E-state index contributed by atoms with van der Waals surface area (Å²) >= 11 is 0. The number of hydrogen-bond acceptors (Lipinski definition) is 3. The highest BCUT2D eigenvalue weighted by atomic mass is 16.2. The molecule has 1 aromatic carbocycles. The quantitative estimate of drug-likeness (QED) is 0.892. The molecule has 1 saturated heterocycles. The summed E-state index contributed by atoms with van der Waals surface area (Å²) in [7, 11) is 2.05. The summed E-state index contributed by atoms with van der Waals surface area (Å²) in [6.45, 7) is 9.42. The van der Waals surface area contributed by atoms with Gasteiger partial charge in [0, 0.05) is 26.2 Å². The molecule has 0 saturated carbocycles. The highest BCUT2D eigenvalue weighted by Gasteiger charge is 2.25. The van der Waals surface area contributed by atoms with Crippen LogP contribution in [-0.2, 0) is 9.59 Å². The Morgan fingerprint density at radius 1 is 1.08 bits per heavy atom. The van der Waals surface area contributed by atoms with Gasteiger partial charge in [-0.05, 0) is 25.5 Å². The average Bonchev–Trinajstić information content (AvgIpc) is 2.55. The van der Waals surface area contributed by atoms with Crippen LogP contribution in [-0.4, -0.2) is 61.4 Å². The van der Waals surface area contributed by atoms with E-state index >= 15 is 0 Å². The number of nitrogens with zero attached hydrogens (tertiary/aromatic N) is 2. The number of likely N-dealkylation sites (N-methyl/N-ethyl adjacent to an activating group) is 1. The highest BCUT2D eigenvalue weighted by Crippen LogP contribution is 2.25. The van der Waals surface area contributed by atoms with Crippen LogP contribution >= 0.6 is 0 Å². The predicted molar refractivity (Wildman–Crippen MR) is 95.8 cm³/mol. The Balaban J connectivity index is 1.93. The second kappa shape index (κ2) is 8.29. The second-order valence-electron chi connectivity index (χ2n) is 7.03. The number of piperazine rings is 1. The van der Waals surface area contributed by atoms with E-state index < -0.39 is 0 Å². The van der Waals surface area contributed by atoms with E-state index in [0.717, 1.165) is 31.7 Å². The maximum Gasteiger partial charge on any atom is 0.242 e. The van der Waals surface area contributed by atoms with E-state index in [2.05, 4.69) is 17.3 Å². The van der Waals surface area contributed by atoms with Crippen LogP contribution in [0.2, 0.25) is 0 Å². The minimum Gasteiger partial charge on any atom is -0.346 e. The van der Waals surface area contributed by atoms with Crippen LogP contribution < -0.4 is 5.32 Å². The van der Waals surface area contributed by atoms with E-state index in [-0.39, 0.29) is 30.2 Å². The van der Waals surface area contributed by atoms with Crippen molar-refractivity contribution in [1.29, 1.82) is 0 Å². The van der Waals surface area contributed by atoms with Crippen LogP contribution in [0, 0.1) is 12.8 Å². The van der Waals surface area contributed by atoms with Gasteiger partial charge < -0.3 is 15.1 Å². The van der Waals surface area contributed by atoms with Crippen molar-refractivity contribution >= 4 is 11.8 Å². The average molecular weight is 331 g/mol. The van der Waals surface area contributed by atoms with E-state index in [1.165, 1.54) is 5.56 Å². The molecule has 1 unspecified atom stereocenters. The third-order valence-corrected chi connectivity index (χ3v) is 4.66. The number of hydrogen-bond donors (Lipinski definition) is 1. The van der Waals surface area contributed by atoms with Gasteiger partial charge in [-0.1, -0.05) is 43.7 Å². The van der Waals surface area contributed by atoms with Crippen LogP contribution in [0.5, 0.6) is 0 Å². The third-order valence-electron chi connectivity index (χ3n) is 4.66. The largest absolute Gasteiger partial charge is 0.346 e. The molecule has 0 aliphatic carbocycles. The lowest BCUT2D eigenvalue weighted by atomic mass is 9.87. The SMILES string of the molecule is Cc1ccc(C(C(=O)NCC(=O)N2CCN(C)CC2)C(C)C)cc1. The Morgan fingerprint density at radius 2 is 1.67 bits per heavy atom. The fourth-order valence-electron chi connectivity index (χ4n) is 3.05. The summed E-state index contributed by atoms with van der Waals surface area (Å²) in [5.74, 6) is -0.128. The monoisotopic (exact) mass is 331 g/mol. The number of rotatable bonds is 5. The molecule has 1 aliphatic heterocycles. The molecule has 0 radical (unpaired) electrons. The zero-order valence-electron chi connectivity index (χ0n) is 15.2. The van der Waals surface area contributed by atoms with Crippen molar-refractivity contribution in [3.8, 4) is 0 Å². The van der Waals surface area contributed by atoms with Gasteiger partial charge in [-0.25, -0.2) is 0 Å². The number of aryl methyl sites for hydroxylation is 1. The third kappa shape index (κ3) is 4.81. The van der Waals surface area contributed by atoms with Crippen molar-refractivity contribution in [3.63, 3.8) is 0 Å². The van der Waals surface area contributed by atoms with E-state index in [1.54, 1.807) is 0 Å². The van der Waals surface area contributed by atoms with Crippen LogP contribution in [0.25, 0.3) is 0 Å². The van der Waals surface area contributed by atoms with Crippen molar-refractivity contribution in [2.45, 2.75) is 26.7 Å². The molecule has 1 fully saturated rings. The fraction of sp³-hybridized carbons (Fsp3) is 0.579. The number of benzene rings is 1. The van der Waals surface area contributed by atoms with Crippen LogP contribution in [0.15, 0.2) is 24.3 Å². The number of amides is 2. The van der Waals surface area contributed by atoms with E-state index in [9.17, 15) is 9.59 Å². The Morgan fingerprint density at radius 3 is 2.21 bits per heavy atom. The number of carbonyl (C=O) groups is 2. The molecular formula is C19H29N3O2. The van der Waals surface area contributed by atoms with Gasteiger partial charge in [-0.15, -0.1) is 0 Å². The van der Waals surface area contributed by atoms with Crippen LogP contribution in [0.3, 0.4) is 0 Å². The molecule has 2 rings (SSSR count). The van der Waals surface area contributed by atoms with Gasteiger partial charge in [0.2, 0.25) is 11.8 Å². The lowest BCUT2D eigenvalue weighted by molar-refractivity contribution is -0.134. The topological polar surface area (TPSA) is 52.7 Å². The minimum atomic E-state index is -0.231. The Labute approximate surface area is 145 Å². The van der Waals surface area contributed by atoms with Gasteiger partial charge in [0.1, 0.15) is 0 Å². The van der Waals surface area contributed by atoms with Gasteiger partial charge in [0.25, 0.3) is 0 Å². The first-order valence-corrected chi connectivity index (χ1v) is 8.69. The summed E-state index contributed by atoms with van der Waals surface area (Å²) in [5, 5.41) is 2.84. The molecule has 0 bridgehead atoms. The molecule has 5 heteroatoms. The molecule has 1 atom stereocenters. The smallest absolute Gasteiger partial charge is 0.242 e. The highest BCUT2D eigenvalue weighted by molar-refractivity contribution is 5.88. The van der Waals surface area contributed by atoms with Gasteiger partial charge in [-0.2, -0.15) is 0 Å². The fourth-order valence-corrected chi connectivity index (χ4v) is 3.05. The maximum atomic E-state index is 12.6. The molecule has 0 aromatic heterocycles. The number of carbonyl (C=O) groups excluding carboxylic acids is 2. The van der Waals surface area contributed by atoms with E-state index in [1.807, 2.05) is 49.9 Å². The van der Waals surface area contributed by atoms with Crippen LogP contribution in [0.1, 0.15) is 30.9 Å². The summed E-state index contributed by atoms with van der Waals surface area (Å²) < 4.78 is 0. The Kier molecular flexibility index (Phi) is 6.37. The molecule has 1 aromatic rings. The molecule has 0 spiro atoms. The lowest BCUT2D eigenvalue weighted by Crippen LogP contribution is -2.50. The molecule has 24 heavy (non-hydrogen) atoms. The second-order valence-corrected chi connectivity index (χ2v) is 7.03. The Bertz CT molecular complexity index is 560. The molecule has 1 heterocycles. The first-order valence-electron chi connectivity index (χ1n) is 8.69. The Hall–Kier alpha value is -1.88. The molecule has 1 aliphatic rings. The zero-order valence-corrected chi connectivity index (χ0v) is 15.2. The normalized spacial score (nSPS) is 17.0. The summed E-state index contributed by atoms with van der Waals surface area (Å²) in [6.07, 6.45) is 0. The van der Waals surface area contributed by atoms with E-state index in [0.29, 0.717) is 0 Å². The summed E-state index contributed by atoms with van der Waals surface area (Å²) in [4.78, 5) is 28.9. The molecule has 132 valence electrons. The first-order chi connectivity index (χ1) is 11.4. The molecule has 1 N–H and O–H groups in total. The van der Waals surface area contributed by atoms with Gasteiger partial charge >= 0.3 is 0 Å². The first kappa shape index (κ1) is 18.5. The molecule has 2 amide bonds. The van der Waals surface area contributed by atoms with Crippen molar-refractivity contribution in [2.75, 3.05) is 39.8 Å². The van der Waals surface area contributed by atoms with Gasteiger partial charge in [-0.3, -0.25) is 9.59 Å². The zero-order chi connectivity index (χ0) is 17.7. The molecular weight excluding hydrogens is 302 g/mol. The van der Waals surface area contributed by atoms with Crippen molar-refractivity contribution in [2.24, 2.45) is 5.92 Å². The lowest BCUT2D eigenvalue weighted by Gasteiger charge is -2.32. The van der Waals surface area contributed by atoms with Crippen molar-refractivity contribution < 1.29 is 9.59 Å².